The molecule has 0 saturated heterocycles. The van der Waals surface area contributed by atoms with Crippen molar-refractivity contribution in [2.45, 2.75) is 63.7 Å². The Morgan fingerprint density at radius 1 is 1.29 bits per heavy atom. The number of benzene rings is 1. The Bertz CT molecular complexity index is 1290. The number of aliphatic hydroxyl groups is 2. The fraction of sp³-hybridized carbons (Fsp3) is 0.500. The van der Waals surface area contributed by atoms with Gasteiger partial charge in [-0.25, -0.2) is 13.4 Å². The van der Waals surface area contributed by atoms with Gasteiger partial charge in [0.1, 0.15) is 17.8 Å². The summed E-state index contributed by atoms with van der Waals surface area (Å²) in [5.41, 5.74) is 1.57. The maximum Gasteiger partial charge on any atom is 0.259 e. The Balaban J connectivity index is 1.96. The summed E-state index contributed by atoms with van der Waals surface area (Å²) in [4.78, 5) is 19.6. The fourth-order valence-corrected chi connectivity index (χ4v) is 5.33. The lowest BCUT2D eigenvalue weighted by Gasteiger charge is -2.37. The Morgan fingerprint density at radius 2 is 1.97 bits per heavy atom. The molecule has 0 bridgehead atoms. The molecule has 0 aliphatic carbocycles. The number of hydrogen-bond acceptors (Lipinski definition) is 7. The first-order valence-corrected chi connectivity index (χ1v) is 14.2. The highest BCUT2D eigenvalue weighted by molar-refractivity contribution is 7.89. The first kappa shape index (κ1) is 29.6. The molecule has 2 N–H and O–H groups in total. The van der Waals surface area contributed by atoms with Crippen LogP contribution in [0.4, 0.5) is 0 Å². The smallest absolute Gasteiger partial charge is 0.259 e. The summed E-state index contributed by atoms with van der Waals surface area (Å²) in [6.45, 7) is 7.49. The van der Waals surface area contributed by atoms with Crippen molar-refractivity contribution < 1.29 is 28.2 Å². The van der Waals surface area contributed by atoms with Crippen LogP contribution in [-0.2, 0) is 10.0 Å². The third-order valence-corrected chi connectivity index (χ3v) is 8.47. The second-order valence-corrected chi connectivity index (χ2v) is 11.9. The van der Waals surface area contributed by atoms with E-state index in [0.29, 0.717) is 12.0 Å². The SMILES string of the molecule is CCCC(O)C#Cc1cnc2c(c1)C(=O)N([C@H](C)CO)C[C@H](C)[C@H](CN(C)S(=O)(=O)c1ccc(C)cc1)O2. The summed E-state index contributed by atoms with van der Waals surface area (Å²) in [6.07, 6.45) is 1.38. The Kier molecular flexibility index (Phi) is 9.90. The molecule has 1 unspecified atom stereocenters. The van der Waals surface area contributed by atoms with Crippen LogP contribution in [-0.4, -0.2) is 83.7 Å². The molecule has 1 aliphatic heterocycles. The van der Waals surface area contributed by atoms with Gasteiger partial charge in [-0.05, 0) is 38.5 Å². The van der Waals surface area contributed by atoms with E-state index in [2.05, 4.69) is 16.8 Å². The van der Waals surface area contributed by atoms with Crippen molar-refractivity contribution in [2.24, 2.45) is 5.92 Å². The van der Waals surface area contributed by atoms with E-state index in [1.807, 2.05) is 20.8 Å². The van der Waals surface area contributed by atoms with Crippen molar-refractivity contribution in [3.63, 3.8) is 0 Å². The summed E-state index contributed by atoms with van der Waals surface area (Å²) in [6, 6.07) is 7.72. The van der Waals surface area contributed by atoms with E-state index in [1.54, 1.807) is 42.2 Å². The molecule has 9 nitrogen and oxygen atoms in total. The van der Waals surface area contributed by atoms with Gasteiger partial charge < -0.3 is 19.8 Å². The van der Waals surface area contributed by atoms with Gasteiger partial charge in [0.2, 0.25) is 15.9 Å². The zero-order valence-electron chi connectivity index (χ0n) is 22.6. The molecule has 1 aromatic carbocycles. The van der Waals surface area contributed by atoms with Crippen molar-refractivity contribution in [3.8, 4) is 17.7 Å². The highest BCUT2D eigenvalue weighted by Gasteiger charge is 2.35. The highest BCUT2D eigenvalue weighted by Crippen LogP contribution is 2.28. The van der Waals surface area contributed by atoms with Crippen LogP contribution in [0.1, 0.15) is 55.1 Å². The number of aliphatic hydroxyl groups excluding tert-OH is 2. The third-order valence-electron chi connectivity index (χ3n) is 6.63. The quantitative estimate of drug-likeness (QED) is 0.491. The lowest BCUT2D eigenvalue weighted by molar-refractivity contribution is 0.0373. The third kappa shape index (κ3) is 6.91. The second-order valence-electron chi connectivity index (χ2n) is 9.87. The van der Waals surface area contributed by atoms with Gasteiger partial charge in [-0.3, -0.25) is 4.79 Å². The summed E-state index contributed by atoms with van der Waals surface area (Å²) >= 11 is 0. The number of aromatic nitrogens is 1. The first-order chi connectivity index (χ1) is 18.0. The van der Waals surface area contributed by atoms with Crippen LogP contribution in [0, 0.1) is 24.7 Å². The average Bonchev–Trinajstić information content (AvgIpc) is 2.89. The molecule has 4 atom stereocenters. The highest BCUT2D eigenvalue weighted by atomic mass is 32.2. The molecule has 1 amide bonds. The van der Waals surface area contributed by atoms with E-state index in [1.165, 1.54) is 17.5 Å². The van der Waals surface area contributed by atoms with Crippen LogP contribution < -0.4 is 4.74 Å². The summed E-state index contributed by atoms with van der Waals surface area (Å²) in [5, 5.41) is 19.8. The zero-order chi connectivity index (χ0) is 28.0. The standard InChI is InChI=1S/C28H37N3O6S/c1-6-7-23(33)11-10-22-14-25-27(29-15-22)37-26(20(3)16-31(28(25)34)21(4)18-32)17-30(5)38(35,36)24-12-8-19(2)9-13-24/h8-9,12-15,20-21,23,26,32-33H,6-7,16-18H2,1-5H3/t20-,21+,23?,26-/m0/s1. The number of carbonyl (C=O) groups excluding carboxylic acids is 1. The van der Waals surface area contributed by atoms with E-state index in [-0.39, 0.29) is 47.9 Å². The van der Waals surface area contributed by atoms with Crippen LogP contribution in [0.5, 0.6) is 5.88 Å². The molecule has 2 aromatic rings. The Labute approximate surface area is 225 Å². The van der Waals surface area contributed by atoms with Gasteiger partial charge >= 0.3 is 0 Å². The average molecular weight is 544 g/mol. The van der Waals surface area contributed by atoms with Gasteiger partial charge in [0, 0.05) is 31.3 Å². The molecule has 1 aromatic heterocycles. The van der Waals surface area contributed by atoms with Crippen molar-refractivity contribution in [2.75, 3.05) is 26.7 Å². The summed E-state index contributed by atoms with van der Waals surface area (Å²) in [7, 11) is -2.28. The number of rotatable bonds is 8. The molecule has 2 heterocycles. The van der Waals surface area contributed by atoms with Crippen LogP contribution in [0.25, 0.3) is 0 Å². The van der Waals surface area contributed by atoms with Gasteiger partial charge in [-0.2, -0.15) is 4.31 Å². The number of fused-ring (bicyclic) bond motifs is 1. The molecule has 1 aliphatic rings. The molecule has 206 valence electrons. The maximum atomic E-state index is 13.5. The van der Waals surface area contributed by atoms with Gasteiger partial charge in [0.05, 0.1) is 24.1 Å². The van der Waals surface area contributed by atoms with E-state index in [0.717, 1.165) is 12.0 Å². The minimum Gasteiger partial charge on any atom is -0.472 e. The number of hydrogen-bond donors (Lipinski definition) is 2. The number of nitrogens with zero attached hydrogens (tertiary/aromatic N) is 3. The van der Waals surface area contributed by atoms with Gasteiger partial charge in [-0.1, -0.05) is 49.8 Å². The molecule has 10 heteroatoms. The van der Waals surface area contributed by atoms with Gasteiger partial charge in [-0.15, -0.1) is 0 Å². The van der Waals surface area contributed by atoms with Crippen LogP contribution in [0.15, 0.2) is 41.4 Å². The number of carbonyl (C=O) groups is 1. The number of aryl methyl sites for hydroxylation is 1. The maximum absolute atomic E-state index is 13.5. The number of sulfonamides is 1. The van der Waals surface area contributed by atoms with Crippen molar-refractivity contribution >= 4 is 15.9 Å². The molecule has 3 rings (SSSR count). The van der Waals surface area contributed by atoms with E-state index in [4.69, 9.17) is 4.74 Å². The monoisotopic (exact) mass is 543 g/mol. The zero-order valence-corrected chi connectivity index (χ0v) is 23.4. The normalized spacial score (nSPS) is 19.5. The van der Waals surface area contributed by atoms with Crippen LogP contribution >= 0.6 is 0 Å². The fourth-order valence-electron chi connectivity index (χ4n) is 4.14. The van der Waals surface area contributed by atoms with Crippen LogP contribution in [0.3, 0.4) is 0 Å². The van der Waals surface area contributed by atoms with E-state index >= 15 is 0 Å². The van der Waals surface area contributed by atoms with E-state index < -0.39 is 28.3 Å². The number of ether oxygens (including phenoxy) is 1. The lowest BCUT2D eigenvalue weighted by atomic mass is 10.0. The minimum atomic E-state index is -3.78. The predicted molar refractivity (Wildman–Crippen MR) is 144 cm³/mol. The Hall–Kier alpha value is -2.97. The lowest BCUT2D eigenvalue weighted by Crippen LogP contribution is -2.50. The molecule has 0 saturated carbocycles. The number of likely N-dealkylation sites (N-methyl/N-ethyl adjacent to an activating group) is 1. The van der Waals surface area contributed by atoms with Crippen molar-refractivity contribution in [1.82, 2.24) is 14.2 Å². The summed E-state index contributed by atoms with van der Waals surface area (Å²) in [5.74, 6) is 5.05. The van der Waals surface area contributed by atoms with Crippen molar-refractivity contribution in [3.05, 3.63) is 53.2 Å². The molecule has 0 fully saturated rings. The number of pyridine rings is 1. The first-order valence-electron chi connectivity index (χ1n) is 12.8. The second kappa shape index (κ2) is 12.7. The van der Waals surface area contributed by atoms with Crippen molar-refractivity contribution in [1.29, 1.82) is 0 Å². The van der Waals surface area contributed by atoms with Gasteiger partial charge in [0.25, 0.3) is 5.91 Å². The minimum absolute atomic E-state index is 0.0266. The molecular weight excluding hydrogens is 506 g/mol. The molecular formula is C28H37N3O6S. The topological polar surface area (TPSA) is 120 Å². The number of amides is 1. The molecule has 38 heavy (non-hydrogen) atoms. The largest absolute Gasteiger partial charge is 0.472 e. The predicted octanol–water partition coefficient (Wildman–Crippen LogP) is 2.44. The summed E-state index contributed by atoms with van der Waals surface area (Å²) < 4.78 is 33.9. The van der Waals surface area contributed by atoms with Crippen LogP contribution in [0.2, 0.25) is 0 Å². The van der Waals surface area contributed by atoms with E-state index in [9.17, 15) is 23.4 Å². The Morgan fingerprint density at radius 3 is 2.61 bits per heavy atom. The molecule has 0 radical (unpaired) electrons. The van der Waals surface area contributed by atoms with Gasteiger partial charge in [0.15, 0.2) is 0 Å². The molecule has 0 spiro atoms.